The van der Waals surface area contributed by atoms with Gasteiger partial charge >= 0.3 is 0 Å². The SMILES string of the molecule is C[C@H](CC=O)[C@H](CCc1ccccc1)O[Si](C)(C)C(C)(C)C. The minimum Gasteiger partial charge on any atom is -0.414 e. The van der Waals surface area contributed by atoms with Crippen molar-refractivity contribution in [3.05, 3.63) is 35.9 Å². The van der Waals surface area contributed by atoms with E-state index in [1.54, 1.807) is 0 Å². The first-order valence-corrected chi connectivity index (χ1v) is 11.2. The van der Waals surface area contributed by atoms with Crippen LogP contribution in [0, 0.1) is 5.92 Å². The van der Waals surface area contributed by atoms with Gasteiger partial charge in [-0.1, -0.05) is 58.0 Å². The van der Waals surface area contributed by atoms with E-state index in [1.807, 2.05) is 6.07 Å². The highest BCUT2D eigenvalue weighted by Gasteiger charge is 2.39. The van der Waals surface area contributed by atoms with Crippen LogP contribution in [0.2, 0.25) is 18.1 Å². The summed E-state index contributed by atoms with van der Waals surface area (Å²) >= 11 is 0. The molecule has 1 aromatic carbocycles. The molecule has 0 N–H and O–H groups in total. The van der Waals surface area contributed by atoms with Crippen molar-refractivity contribution in [1.82, 2.24) is 0 Å². The van der Waals surface area contributed by atoms with Gasteiger partial charge in [0.1, 0.15) is 6.29 Å². The Hall–Kier alpha value is -0.933. The standard InChI is InChI=1S/C19H32O2Si/c1-16(14-15-20)18(21-22(5,6)19(2,3)4)13-12-17-10-8-7-9-11-17/h7-11,15-16,18H,12-14H2,1-6H3/t16-,18+/m1/s1. The summed E-state index contributed by atoms with van der Waals surface area (Å²) in [6.07, 6.45) is 3.74. The molecule has 0 bridgehead atoms. The summed E-state index contributed by atoms with van der Waals surface area (Å²) in [5.41, 5.74) is 1.34. The molecule has 0 fully saturated rings. The highest BCUT2D eigenvalue weighted by Crippen LogP contribution is 2.38. The third-order valence-corrected chi connectivity index (χ3v) is 9.42. The summed E-state index contributed by atoms with van der Waals surface area (Å²) < 4.78 is 6.62. The Kier molecular flexibility index (Phi) is 7.01. The quantitative estimate of drug-likeness (QED) is 0.484. The zero-order valence-corrected chi connectivity index (χ0v) is 16.1. The lowest BCUT2D eigenvalue weighted by Crippen LogP contribution is -2.45. The summed E-state index contributed by atoms with van der Waals surface area (Å²) in [7, 11) is -1.81. The molecule has 0 aliphatic carbocycles. The molecule has 0 aromatic heterocycles. The van der Waals surface area contributed by atoms with Crippen molar-refractivity contribution in [3.8, 4) is 0 Å². The van der Waals surface area contributed by atoms with E-state index in [0.717, 1.165) is 19.1 Å². The van der Waals surface area contributed by atoms with Crippen molar-refractivity contribution in [1.29, 1.82) is 0 Å². The Bertz CT molecular complexity index is 448. The van der Waals surface area contributed by atoms with E-state index in [2.05, 4.69) is 65.1 Å². The van der Waals surface area contributed by atoms with Crippen molar-refractivity contribution in [2.45, 2.75) is 71.2 Å². The molecule has 0 heterocycles. The van der Waals surface area contributed by atoms with Gasteiger partial charge in [-0.05, 0) is 42.5 Å². The number of carbonyl (C=O) groups is 1. The van der Waals surface area contributed by atoms with Crippen LogP contribution in [0.5, 0.6) is 0 Å². The number of hydrogen-bond donors (Lipinski definition) is 0. The van der Waals surface area contributed by atoms with Crippen LogP contribution in [0.4, 0.5) is 0 Å². The zero-order valence-electron chi connectivity index (χ0n) is 15.1. The molecule has 0 spiro atoms. The van der Waals surface area contributed by atoms with Crippen LogP contribution in [0.15, 0.2) is 30.3 Å². The summed E-state index contributed by atoms with van der Waals surface area (Å²) in [5, 5.41) is 0.193. The maximum absolute atomic E-state index is 10.9. The summed E-state index contributed by atoms with van der Waals surface area (Å²) in [5.74, 6) is 0.273. The average molecular weight is 321 g/mol. The molecular formula is C19H32O2Si. The van der Waals surface area contributed by atoms with E-state index in [9.17, 15) is 4.79 Å². The average Bonchev–Trinajstić information content (AvgIpc) is 2.43. The van der Waals surface area contributed by atoms with Gasteiger partial charge < -0.3 is 9.22 Å². The monoisotopic (exact) mass is 320 g/mol. The van der Waals surface area contributed by atoms with Crippen LogP contribution in [-0.4, -0.2) is 20.7 Å². The Labute approximate surface area is 137 Å². The van der Waals surface area contributed by atoms with E-state index in [4.69, 9.17) is 4.43 Å². The van der Waals surface area contributed by atoms with Gasteiger partial charge in [-0.25, -0.2) is 0 Å². The van der Waals surface area contributed by atoms with Gasteiger partial charge in [0.05, 0.1) is 0 Å². The van der Waals surface area contributed by atoms with Crippen molar-refractivity contribution in [2.75, 3.05) is 0 Å². The fraction of sp³-hybridized carbons (Fsp3) is 0.632. The normalized spacial score (nSPS) is 15.4. The molecular weight excluding hydrogens is 288 g/mol. The smallest absolute Gasteiger partial charge is 0.192 e. The van der Waals surface area contributed by atoms with Gasteiger partial charge in [-0.15, -0.1) is 0 Å². The number of aryl methyl sites for hydroxylation is 1. The maximum Gasteiger partial charge on any atom is 0.192 e. The van der Waals surface area contributed by atoms with Crippen LogP contribution in [0.3, 0.4) is 0 Å². The molecule has 1 rings (SSSR count). The van der Waals surface area contributed by atoms with Crippen LogP contribution in [0.25, 0.3) is 0 Å². The van der Waals surface area contributed by atoms with Gasteiger partial charge in [0.25, 0.3) is 0 Å². The topological polar surface area (TPSA) is 26.3 Å². The molecule has 2 nitrogen and oxygen atoms in total. The van der Waals surface area contributed by atoms with Gasteiger partial charge in [-0.2, -0.15) is 0 Å². The second-order valence-corrected chi connectivity index (χ2v) is 12.6. The highest BCUT2D eigenvalue weighted by molar-refractivity contribution is 6.74. The van der Waals surface area contributed by atoms with Crippen molar-refractivity contribution in [2.24, 2.45) is 5.92 Å². The molecule has 0 aliphatic heterocycles. The predicted molar refractivity (Wildman–Crippen MR) is 96.7 cm³/mol. The lowest BCUT2D eigenvalue weighted by Gasteiger charge is -2.41. The molecule has 1 aromatic rings. The first-order chi connectivity index (χ1) is 10.2. The second-order valence-electron chi connectivity index (χ2n) is 7.82. The first-order valence-electron chi connectivity index (χ1n) is 8.33. The predicted octanol–water partition coefficient (Wildman–Crippen LogP) is 5.23. The molecule has 0 aliphatic rings. The molecule has 22 heavy (non-hydrogen) atoms. The van der Waals surface area contributed by atoms with Gasteiger partial charge in [-0.3, -0.25) is 0 Å². The number of carbonyl (C=O) groups excluding carboxylic acids is 1. The van der Waals surface area contributed by atoms with Crippen molar-refractivity contribution >= 4 is 14.6 Å². The van der Waals surface area contributed by atoms with Gasteiger partial charge in [0, 0.05) is 12.5 Å². The fourth-order valence-electron chi connectivity index (χ4n) is 2.27. The maximum atomic E-state index is 10.9. The van der Waals surface area contributed by atoms with Crippen LogP contribution < -0.4 is 0 Å². The molecule has 0 amide bonds. The number of rotatable bonds is 8. The summed E-state index contributed by atoms with van der Waals surface area (Å²) in [6.45, 7) is 13.5. The summed E-state index contributed by atoms with van der Waals surface area (Å²) in [6, 6.07) is 10.5. The van der Waals surface area contributed by atoms with E-state index in [0.29, 0.717) is 6.42 Å². The van der Waals surface area contributed by atoms with E-state index in [1.165, 1.54) is 5.56 Å². The third kappa shape index (κ3) is 5.69. The molecule has 0 radical (unpaired) electrons. The van der Waals surface area contributed by atoms with Crippen molar-refractivity contribution in [3.63, 3.8) is 0 Å². The zero-order chi connectivity index (χ0) is 16.8. The molecule has 2 atom stereocenters. The summed E-state index contributed by atoms with van der Waals surface area (Å²) in [4.78, 5) is 10.9. The number of aldehydes is 1. The Morgan fingerprint density at radius 2 is 1.77 bits per heavy atom. The van der Waals surface area contributed by atoms with Gasteiger partial charge in [0.2, 0.25) is 0 Å². The molecule has 124 valence electrons. The van der Waals surface area contributed by atoms with Crippen LogP contribution in [0.1, 0.15) is 46.1 Å². The number of hydrogen-bond acceptors (Lipinski definition) is 2. The third-order valence-electron chi connectivity index (χ3n) is 4.92. The lowest BCUT2D eigenvalue weighted by molar-refractivity contribution is -0.109. The Balaban J connectivity index is 2.78. The van der Waals surface area contributed by atoms with Crippen molar-refractivity contribution < 1.29 is 9.22 Å². The largest absolute Gasteiger partial charge is 0.414 e. The molecule has 0 unspecified atom stereocenters. The molecule has 3 heteroatoms. The van der Waals surface area contributed by atoms with Crippen LogP contribution >= 0.6 is 0 Å². The van der Waals surface area contributed by atoms with Gasteiger partial charge in [0.15, 0.2) is 8.32 Å². The van der Waals surface area contributed by atoms with E-state index >= 15 is 0 Å². The van der Waals surface area contributed by atoms with E-state index in [-0.39, 0.29) is 17.1 Å². The minimum absolute atomic E-state index is 0.159. The highest BCUT2D eigenvalue weighted by atomic mass is 28.4. The van der Waals surface area contributed by atoms with E-state index < -0.39 is 8.32 Å². The molecule has 0 saturated heterocycles. The lowest BCUT2D eigenvalue weighted by atomic mass is 9.96. The first kappa shape index (κ1) is 19.1. The Morgan fingerprint density at radius 1 is 1.18 bits per heavy atom. The Morgan fingerprint density at radius 3 is 2.27 bits per heavy atom. The minimum atomic E-state index is -1.81. The van der Waals surface area contributed by atoms with Crippen LogP contribution in [-0.2, 0) is 15.6 Å². The molecule has 0 saturated carbocycles. The second kappa shape index (κ2) is 8.07. The number of benzene rings is 1. The fourth-order valence-corrected chi connectivity index (χ4v) is 3.73.